The van der Waals surface area contributed by atoms with E-state index in [2.05, 4.69) is 19.1 Å². The van der Waals surface area contributed by atoms with Crippen LogP contribution in [0.4, 0.5) is 0 Å². The summed E-state index contributed by atoms with van der Waals surface area (Å²) in [6, 6.07) is 0. The van der Waals surface area contributed by atoms with E-state index >= 15 is 0 Å². The van der Waals surface area contributed by atoms with E-state index in [4.69, 9.17) is 34.8 Å². The maximum Gasteiger partial charge on any atom is 0.127 e. The first-order valence-electron chi connectivity index (χ1n) is 5.17. The normalized spacial score (nSPS) is 70.0. The molecular weight excluding hydrogens is 238 g/mol. The van der Waals surface area contributed by atoms with Gasteiger partial charge in [0.05, 0.1) is 4.87 Å². The highest BCUT2D eigenvalue weighted by Crippen LogP contribution is 3.00. The lowest BCUT2D eigenvalue weighted by Gasteiger charge is -2.16. The van der Waals surface area contributed by atoms with Gasteiger partial charge < -0.3 is 0 Å². The standard InChI is InChI=1S/C11H11Cl3/c1-8-6-2-3-7(4-6)11(8,14)9(8)5-10(9,12)13/h2-3,6-7H,4-5H2,1H3/t6-,7+,8+,9-,11-/m0/s1. The van der Waals surface area contributed by atoms with Crippen LogP contribution in [0, 0.1) is 22.7 Å². The molecule has 0 radical (unpaired) electrons. The van der Waals surface area contributed by atoms with E-state index in [1.807, 2.05) is 0 Å². The Hall–Kier alpha value is 0.610. The molecule has 0 nitrogen and oxygen atoms in total. The minimum atomic E-state index is -0.549. The molecule has 4 aliphatic carbocycles. The molecule has 0 aromatic carbocycles. The van der Waals surface area contributed by atoms with E-state index in [0.29, 0.717) is 11.8 Å². The molecule has 3 fully saturated rings. The fourth-order valence-electron chi connectivity index (χ4n) is 4.76. The van der Waals surface area contributed by atoms with Gasteiger partial charge in [-0.3, -0.25) is 0 Å². The quantitative estimate of drug-likeness (QED) is 0.453. The zero-order chi connectivity index (χ0) is 9.98. The largest absolute Gasteiger partial charge is 0.127 e. The Bertz CT molecular complexity index is 362. The molecule has 14 heavy (non-hydrogen) atoms. The second kappa shape index (κ2) is 1.81. The van der Waals surface area contributed by atoms with E-state index in [-0.39, 0.29) is 15.7 Å². The van der Waals surface area contributed by atoms with Gasteiger partial charge in [0, 0.05) is 10.8 Å². The Kier molecular flexibility index (Phi) is 1.13. The Morgan fingerprint density at radius 3 is 2.14 bits per heavy atom. The van der Waals surface area contributed by atoms with E-state index < -0.39 is 4.33 Å². The first-order chi connectivity index (χ1) is 6.42. The average Bonchev–Trinajstić information content (AvgIpc) is 2.71. The summed E-state index contributed by atoms with van der Waals surface area (Å²) in [5.41, 5.74) is 0.194. The third-order valence-electron chi connectivity index (χ3n) is 5.52. The minimum Gasteiger partial charge on any atom is -0.117 e. The SMILES string of the molecule is C[C@]12[C@H]3C=C[C@H](C3)[C@@]1(Cl)[C@@]21CC1(Cl)Cl. The van der Waals surface area contributed by atoms with Crippen molar-refractivity contribution < 1.29 is 0 Å². The Morgan fingerprint density at radius 1 is 1.14 bits per heavy atom. The number of fused-ring (bicyclic) bond motifs is 7. The number of allylic oxidation sites excluding steroid dienone is 2. The van der Waals surface area contributed by atoms with Crippen LogP contribution >= 0.6 is 34.8 Å². The summed E-state index contributed by atoms with van der Waals surface area (Å²) in [5.74, 6) is 1.13. The summed E-state index contributed by atoms with van der Waals surface area (Å²) in [6.45, 7) is 2.28. The second-order valence-corrected chi connectivity index (χ2v) is 7.61. The number of hydrogen-bond acceptors (Lipinski definition) is 0. The highest BCUT2D eigenvalue weighted by atomic mass is 35.5. The van der Waals surface area contributed by atoms with Crippen molar-refractivity contribution in [3.05, 3.63) is 12.2 Å². The molecule has 0 aromatic heterocycles. The summed E-state index contributed by atoms with van der Waals surface area (Å²) in [6.07, 6.45) is 6.70. The van der Waals surface area contributed by atoms with E-state index in [1.54, 1.807) is 0 Å². The third-order valence-corrected chi connectivity index (χ3v) is 7.43. The van der Waals surface area contributed by atoms with Crippen LogP contribution in [0.25, 0.3) is 0 Å². The molecule has 0 saturated heterocycles. The van der Waals surface area contributed by atoms with Crippen molar-refractivity contribution in [1.82, 2.24) is 0 Å². The van der Waals surface area contributed by atoms with E-state index in [1.165, 1.54) is 6.42 Å². The number of halogens is 3. The van der Waals surface area contributed by atoms with Crippen molar-refractivity contribution in [3.63, 3.8) is 0 Å². The molecule has 0 unspecified atom stereocenters. The molecule has 4 rings (SSSR count). The number of rotatable bonds is 0. The number of hydrogen-bond donors (Lipinski definition) is 0. The maximum absolute atomic E-state index is 6.80. The highest BCUT2D eigenvalue weighted by Gasteiger charge is 3.03. The van der Waals surface area contributed by atoms with Gasteiger partial charge in [0.25, 0.3) is 0 Å². The lowest BCUT2D eigenvalue weighted by Crippen LogP contribution is -2.16. The van der Waals surface area contributed by atoms with Gasteiger partial charge in [0.1, 0.15) is 4.33 Å². The van der Waals surface area contributed by atoms with Crippen LogP contribution < -0.4 is 0 Å². The van der Waals surface area contributed by atoms with E-state index in [9.17, 15) is 0 Å². The zero-order valence-corrected chi connectivity index (χ0v) is 10.1. The lowest BCUT2D eigenvalue weighted by molar-refractivity contribution is 0.372. The Morgan fingerprint density at radius 2 is 1.71 bits per heavy atom. The van der Waals surface area contributed by atoms with Gasteiger partial charge in [-0.05, 0) is 24.7 Å². The smallest absolute Gasteiger partial charge is 0.117 e. The fraction of sp³-hybridized carbons (Fsp3) is 0.818. The molecule has 1 spiro atoms. The first-order valence-corrected chi connectivity index (χ1v) is 6.30. The molecule has 76 valence electrons. The van der Waals surface area contributed by atoms with Crippen molar-refractivity contribution in [2.45, 2.75) is 29.0 Å². The topological polar surface area (TPSA) is 0 Å². The number of alkyl halides is 3. The van der Waals surface area contributed by atoms with Crippen molar-refractivity contribution in [1.29, 1.82) is 0 Å². The molecule has 0 aliphatic heterocycles. The molecule has 5 atom stereocenters. The average molecular weight is 250 g/mol. The summed E-state index contributed by atoms with van der Waals surface area (Å²) in [4.78, 5) is -0.122. The van der Waals surface area contributed by atoms with Crippen LogP contribution in [0.5, 0.6) is 0 Å². The van der Waals surface area contributed by atoms with Crippen molar-refractivity contribution in [2.75, 3.05) is 0 Å². The molecule has 0 heterocycles. The van der Waals surface area contributed by atoms with Crippen LogP contribution in [0.1, 0.15) is 19.8 Å². The predicted molar refractivity (Wildman–Crippen MR) is 58.9 cm³/mol. The predicted octanol–water partition coefficient (Wildman–Crippen LogP) is 3.75. The van der Waals surface area contributed by atoms with Crippen LogP contribution in [0.3, 0.4) is 0 Å². The Labute approximate surface area is 98.6 Å². The molecule has 0 N–H and O–H groups in total. The van der Waals surface area contributed by atoms with Gasteiger partial charge in [-0.15, -0.1) is 34.8 Å². The zero-order valence-electron chi connectivity index (χ0n) is 7.86. The van der Waals surface area contributed by atoms with Crippen LogP contribution in [-0.4, -0.2) is 9.21 Å². The van der Waals surface area contributed by atoms with Crippen LogP contribution in [-0.2, 0) is 0 Å². The van der Waals surface area contributed by atoms with Crippen molar-refractivity contribution in [3.8, 4) is 0 Å². The minimum absolute atomic E-state index is 0.0226. The lowest BCUT2D eigenvalue weighted by atomic mass is 9.89. The molecule has 0 amide bonds. The first kappa shape index (κ1) is 8.73. The van der Waals surface area contributed by atoms with Crippen molar-refractivity contribution >= 4 is 34.8 Å². The van der Waals surface area contributed by atoms with Gasteiger partial charge >= 0.3 is 0 Å². The van der Waals surface area contributed by atoms with Gasteiger partial charge in [0.2, 0.25) is 0 Å². The third kappa shape index (κ3) is 0.478. The molecule has 0 aromatic rings. The summed E-state index contributed by atoms with van der Waals surface area (Å²) < 4.78 is -0.549. The molecular formula is C11H11Cl3. The second-order valence-electron chi connectivity index (χ2n) is 5.53. The monoisotopic (exact) mass is 248 g/mol. The van der Waals surface area contributed by atoms with Crippen LogP contribution in [0.2, 0.25) is 0 Å². The van der Waals surface area contributed by atoms with Gasteiger partial charge in [-0.25, -0.2) is 0 Å². The Balaban J connectivity index is 1.92. The molecule has 4 aliphatic rings. The van der Waals surface area contributed by atoms with Gasteiger partial charge in [-0.2, -0.15) is 0 Å². The van der Waals surface area contributed by atoms with Crippen LogP contribution in [0.15, 0.2) is 12.2 Å². The maximum atomic E-state index is 6.80. The van der Waals surface area contributed by atoms with Crippen molar-refractivity contribution in [2.24, 2.45) is 22.7 Å². The van der Waals surface area contributed by atoms with Gasteiger partial charge in [0.15, 0.2) is 0 Å². The molecule has 3 saturated carbocycles. The van der Waals surface area contributed by atoms with E-state index in [0.717, 1.165) is 6.42 Å². The summed E-state index contributed by atoms with van der Waals surface area (Å²) >= 11 is 19.4. The molecule has 2 bridgehead atoms. The van der Waals surface area contributed by atoms with Gasteiger partial charge in [-0.1, -0.05) is 19.1 Å². The summed E-state index contributed by atoms with van der Waals surface area (Å²) in [5, 5.41) is 0. The highest BCUT2D eigenvalue weighted by molar-refractivity contribution is 6.53. The molecule has 3 heteroatoms. The summed E-state index contributed by atoms with van der Waals surface area (Å²) in [7, 11) is 0. The fourth-order valence-corrected chi connectivity index (χ4v) is 6.79.